The summed E-state index contributed by atoms with van der Waals surface area (Å²) < 4.78 is 5.30. The Morgan fingerprint density at radius 3 is 2.83 bits per heavy atom. The average Bonchev–Trinajstić information content (AvgIpc) is 3.19. The number of halogens is 1. The lowest BCUT2D eigenvalue weighted by Gasteiger charge is -2.28. The van der Waals surface area contributed by atoms with Crippen molar-refractivity contribution in [1.29, 1.82) is 0 Å². The molecule has 1 N–H and O–H groups in total. The molecule has 2 amide bonds. The number of rotatable bonds is 4. The Hall–Kier alpha value is -1.46. The van der Waals surface area contributed by atoms with Gasteiger partial charge in [0.25, 0.3) is 0 Å². The summed E-state index contributed by atoms with van der Waals surface area (Å²) >= 11 is 6.12. The van der Waals surface area contributed by atoms with Crippen LogP contribution >= 0.6 is 11.6 Å². The number of amides is 2. The smallest absolute Gasteiger partial charge is 0.322 e. The van der Waals surface area contributed by atoms with Crippen LogP contribution in [0.3, 0.4) is 0 Å². The fourth-order valence-corrected chi connectivity index (χ4v) is 3.81. The van der Waals surface area contributed by atoms with Crippen LogP contribution in [0.1, 0.15) is 25.7 Å². The van der Waals surface area contributed by atoms with Gasteiger partial charge in [-0.2, -0.15) is 0 Å². The summed E-state index contributed by atoms with van der Waals surface area (Å²) in [6.07, 6.45) is 4.70. The minimum Gasteiger partial charge on any atom is -0.493 e. The van der Waals surface area contributed by atoms with E-state index in [1.807, 2.05) is 17.0 Å². The molecule has 126 valence electrons. The van der Waals surface area contributed by atoms with Crippen molar-refractivity contribution in [1.82, 2.24) is 9.80 Å². The van der Waals surface area contributed by atoms with Crippen molar-refractivity contribution >= 4 is 23.3 Å². The van der Waals surface area contributed by atoms with E-state index >= 15 is 0 Å². The highest BCUT2D eigenvalue weighted by atomic mass is 35.5. The molecular weight excluding hydrogens is 314 g/mol. The Kier molecular flexibility index (Phi) is 5.28. The van der Waals surface area contributed by atoms with Crippen molar-refractivity contribution in [2.75, 3.05) is 38.6 Å². The number of benzene rings is 1. The summed E-state index contributed by atoms with van der Waals surface area (Å²) in [4.78, 5) is 17.1. The SMILES string of the molecule is COc1c(Cl)cccc1NC(=O)N1CCC[C@@H]1CN1CCCC1. The van der Waals surface area contributed by atoms with Crippen molar-refractivity contribution in [2.24, 2.45) is 0 Å². The highest BCUT2D eigenvalue weighted by Crippen LogP contribution is 2.33. The molecule has 0 aromatic heterocycles. The number of methoxy groups -OCH3 is 1. The molecule has 1 aromatic carbocycles. The normalized spacial score (nSPS) is 21.7. The highest BCUT2D eigenvalue weighted by molar-refractivity contribution is 6.32. The Bertz CT molecular complexity index is 561. The van der Waals surface area contributed by atoms with Crippen LogP contribution in [0, 0.1) is 0 Å². The predicted molar refractivity (Wildman–Crippen MR) is 92.4 cm³/mol. The number of anilines is 1. The molecule has 1 aromatic rings. The van der Waals surface area contributed by atoms with Crippen LogP contribution in [0.15, 0.2) is 18.2 Å². The second kappa shape index (κ2) is 7.41. The minimum atomic E-state index is -0.0627. The molecule has 0 radical (unpaired) electrons. The van der Waals surface area contributed by atoms with Crippen LogP contribution in [-0.4, -0.2) is 55.2 Å². The van der Waals surface area contributed by atoms with Gasteiger partial charge >= 0.3 is 6.03 Å². The number of para-hydroxylation sites is 1. The van der Waals surface area contributed by atoms with E-state index in [2.05, 4.69) is 10.2 Å². The Balaban J connectivity index is 1.66. The Morgan fingerprint density at radius 1 is 1.30 bits per heavy atom. The van der Waals surface area contributed by atoms with Crippen LogP contribution in [0.4, 0.5) is 10.5 Å². The third-order valence-electron chi connectivity index (χ3n) is 4.72. The fourth-order valence-electron chi connectivity index (χ4n) is 3.56. The van der Waals surface area contributed by atoms with E-state index in [9.17, 15) is 4.79 Å². The van der Waals surface area contributed by atoms with Crippen molar-refractivity contribution in [3.05, 3.63) is 23.2 Å². The van der Waals surface area contributed by atoms with Gasteiger partial charge in [0.1, 0.15) is 0 Å². The maximum Gasteiger partial charge on any atom is 0.322 e. The van der Waals surface area contributed by atoms with E-state index in [1.165, 1.54) is 12.8 Å². The monoisotopic (exact) mass is 337 g/mol. The molecule has 0 saturated carbocycles. The van der Waals surface area contributed by atoms with Gasteiger partial charge in [-0.05, 0) is 50.9 Å². The molecule has 5 nitrogen and oxygen atoms in total. The summed E-state index contributed by atoms with van der Waals surface area (Å²) in [5.41, 5.74) is 0.622. The number of likely N-dealkylation sites (tertiary alicyclic amines) is 2. The Labute approximate surface area is 142 Å². The van der Waals surface area contributed by atoms with Gasteiger partial charge < -0.3 is 19.9 Å². The fraction of sp³-hybridized carbons (Fsp3) is 0.588. The molecule has 3 rings (SSSR count). The summed E-state index contributed by atoms with van der Waals surface area (Å²) in [6.45, 7) is 4.12. The third kappa shape index (κ3) is 3.72. The second-order valence-electron chi connectivity index (χ2n) is 6.25. The second-order valence-corrected chi connectivity index (χ2v) is 6.66. The zero-order chi connectivity index (χ0) is 16.2. The lowest BCUT2D eigenvalue weighted by molar-refractivity contribution is 0.186. The first-order chi connectivity index (χ1) is 11.2. The first-order valence-corrected chi connectivity index (χ1v) is 8.69. The maximum absolute atomic E-state index is 12.7. The molecule has 2 fully saturated rings. The van der Waals surface area contributed by atoms with Crippen LogP contribution in [0.25, 0.3) is 0 Å². The molecular formula is C17H24ClN3O2. The largest absolute Gasteiger partial charge is 0.493 e. The lowest BCUT2D eigenvalue weighted by atomic mass is 10.2. The zero-order valence-corrected chi connectivity index (χ0v) is 14.3. The molecule has 0 aliphatic carbocycles. The number of hydrogen-bond acceptors (Lipinski definition) is 3. The van der Waals surface area contributed by atoms with Gasteiger partial charge in [0.2, 0.25) is 0 Å². The predicted octanol–water partition coefficient (Wildman–Crippen LogP) is 3.44. The number of urea groups is 1. The van der Waals surface area contributed by atoms with Gasteiger partial charge in [-0.3, -0.25) is 0 Å². The standard InChI is InChI=1S/C17H24ClN3O2/c1-23-16-14(18)7-4-8-15(16)19-17(22)21-11-5-6-13(21)12-20-9-2-3-10-20/h4,7-8,13H,2-3,5-6,9-12H2,1H3,(H,19,22)/t13-/m1/s1. The average molecular weight is 338 g/mol. The van der Waals surface area contributed by atoms with E-state index in [1.54, 1.807) is 13.2 Å². The molecule has 0 unspecified atom stereocenters. The number of carbonyl (C=O) groups excluding carboxylic acids is 1. The van der Waals surface area contributed by atoms with E-state index in [4.69, 9.17) is 16.3 Å². The number of nitrogens with one attached hydrogen (secondary N) is 1. The van der Waals surface area contributed by atoms with Crippen LogP contribution in [0.5, 0.6) is 5.75 Å². The van der Waals surface area contributed by atoms with E-state index < -0.39 is 0 Å². The summed E-state index contributed by atoms with van der Waals surface area (Å²) in [5, 5.41) is 3.46. The lowest BCUT2D eigenvalue weighted by Crippen LogP contribution is -2.44. The molecule has 0 spiro atoms. The summed E-state index contributed by atoms with van der Waals surface area (Å²) in [5.74, 6) is 0.512. The van der Waals surface area contributed by atoms with Crippen LogP contribution < -0.4 is 10.1 Å². The Morgan fingerprint density at radius 2 is 2.09 bits per heavy atom. The van der Waals surface area contributed by atoms with Crippen molar-refractivity contribution in [3.63, 3.8) is 0 Å². The number of hydrogen-bond donors (Lipinski definition) is 1. The van der Waals surface area contributed by atoms with E-state index in [0.717, 1.165) is 39.0 Å². The first-order valence-electron chi connectivity index (χ1n) is 8.31. The number of ether oxygens (including phenoxy) is 1. The molecule has 2 aliphatic heterocycles. The zero-order valence-electron chi connectivity index (χ0n) is 13.6. The topological polar surface area (TPSA) is 44.8 Å². The van der Waals surface area contributed by atoms with Gasteiger partial charge in [-0.25, -0.2) is 4.79 Å². The summed E-state index contributed by atoms with van der Waals surface area (Å²) in [7, 11) is 1.56. The number of carbonyl (C=O) groups is 1. The van der Waals surface area contributed by atoms with Crippen molar-refractivity contribution < 1.29 is 9.53 Å². The number of nitrogens with zero attached hydrogens (tertiary/aromatic N) is 2. The van der Waals surface area contributed by atoms with Crippen molar-refractivity contribution in [2.45, 2.75) is 31.7 Å². The van der Waals surface area contributed by atoms with Crippen LogP contribution in [0.2, 0.25) is 5.02 Å². The molecule has 0 bridgehead atoms. The molecule has 6 heteroatoms. The summed E-state index contributed by atoms with van der Waals surface area (Å²) in [6, 6.07) is 5.62. The van der Waals surface area contributed by atoms with Gasteiger partial charge in [0.15, 0.2) is 5.75 Å². The first kappa shape index (κ1) is 16.4. The van der Waals surface area contributed by atoms with Gasteiger partial charge in [-0.1, -0.05) is 17.7 Å². The molecule has 2 saturated heterocycles. The van der Waals surface area contributed by atoms with Gasteiger partial charge in [0, 0.05) is 19.1 Å². The minimum absolute atomic E-state index is 0.0627. The third-order valence-corrected chi connectivity index (χ3v) is 5.02. The molecule has 1 atom stereocenters. The van der Waals surface area contributed by atoms with Gasteiger partial charge in [0.05, 0.1) is 17.8 Å². The van der Waals surface area contributed by atoms with Crippen molar-refractivity contribution in [3.8, 4) is 5.75 Å². The van der Waals surface area contributed by atoms with Gasteiger partial charge in [-0.15, -0.1) is 0 Å². The van der Waals surface area contributed by atoms with E-state index in [-0.39, 0.29) is 6.03 Å². The molecule has 2 aliphatic rings. The maximum atomic E-state index is 12.7. The quantitative estimate of drug-likeness (QED) is 0.915. The molecule has 2 heterocycles. The molecule has 23 heavy (non-hydrogen) atoms. The highest BCUT2D eigenvalue weighted by Gasteiger charge is 2.31. The van der Waals surface area contributed by atoms with E-state index in [0.29, 0.717) is 22.5 Å². The van der Waals surface area contributed by atoms with Crippen LogP contribution in [-0.2, 0) is 0 Å².